The molecule has 2 atom stereocenters. The van der Waals surface area contributed by atoms with Crippen LogP contribution in [0.3, 0.4) is 0 Å². The fourth-order valence-electron chi connectivity index (χ4n) is 3.73. The number of nitrogens with zero attached hydrogens (tertiary/aromatic N) is 2. The Morgan fingerprint density at radius 3 is 2.19 bits per heavy atom. The molecule has 0 saturated carbocycles. The SMILES string of the molecule is CCCCCCC(C)OC(=O)CC(C)c1ccc(-c2ncc(CCCCC)cn2)cc1. The molecule has 0 N–H and O–H groups in total. The minimum absolute atomic E-state index is 0.000949. The lowest BCUT2D eigenvalue weighted by Crippen LogP contribution is -2.16. The first-order chi connectivity index (χ1) is 15.0. The predicted octanol–water partition coefficient (Wildman–Crippen LogP) is 7.27. The fraction of sp³-hybridized carbons (Fsp3) is 0.593. The van der Waals surface area contributed by atoms with E-state index in [2.05, 4.69) is 42.9 Å². The highest BCUT2D eigenvalue weighted by Crippen LogP contribution is 2.23. The third-order valence-electron chi connectivity index (χ3n) is 5.78. The third-order valence-corrected chi connectivity index (χ3v) is 5.78. The number of benzene rings is 1. The van der Waals surface area contributed by atoms with E-state index in [4.69, 9.17) is 4.74 Å². The van der Waals surface area contributed by atoms with Crippen molar-refractivity contribution in [2.24, 2.45) is 0 Å². The van der Waals surface area contributed by atoms with E-state index in [-0.39, 0.29) is 18.0 Å². The molecule has 4 nitrogen and oxygen atoms in total. The van der Waals surface area contributed by atoms with Crippen LogP contribution >= 0.6 is 0 Å². The molecular weight excluding hydrogens is 384 g/mol. The van der Waals surface area contributed by atoms with Gasteiger partial charge in [0.25, 0.3) is 0 Å². The van der Waals surface area contributed by atoms with Gasteiger partial charge in [-0.1, -0.05) is 77.1 Å². The fourth-order valence-corrected chi connectivity index (χ4v) is 3.73. The Morgan fingerprint density at radius 2 is 1.55 bits per heavy atom. The topological polar surface area (TPSA) is 52.1 Å². The van der Waals surface area contributed by atoms with E-state index < -0.39 is 0 Å². The van der Waals surface area contributed by atoms with Crippen molar-refractivity contribution >= 4 is 5.97 Å². The second-order valence-electron chi connectivity index (χ2n) is 8.75. The summed E-state index contributed by atoms with van der Waals surface area (Å²) in [6, 6.07) is 8.22. The molecule has 0 aliphatic heterocycles. The van der Waals surface area contributed by atoms with Gasteiger partial charge in [-0.25, -0.2) is 9.97 Å². The summed E-state index contributed by atoms with van der Waals surface area (Å²) in [5.41, 5.74) is 3.33. The standard InChI is InChI=1S/C27H40N2O2/c1-5-7-9-11-12-22(4)31-26(30)18-21(3)24-14-16-25(17-15-24)27-28-19-23(20-29-27)13-10-8-6-2/h14-17,19-22H,5-13,18H2,1-4H3. The van der Waals surface area contributed by atoms with Gasteiger partial charge in [-0.15, -0.1) is 0 Å². The van der Waals surface area contributed by atoms with Crippen LogP contribution in [0.2, 0.25) is 0 Å². The molecule has 4 heteroatoms. The lowest BCUT2D eigenvalue weighted by atomic mass is 9.96. The van der Waals surface area contributed by atoms with Crippen LogP contribution in [0.5, 0.6) is 0 Å². The van der Waals surface area contributed by atoms with Crippen LogP contribution in [0.25, 0.3) is 11.4 Å². The molecule has 0 fully saturated rings. The number of hydrogen-bond donors (Lipinski definition) is 0. The van der Waals surface area contributed by atoms with Gasteiger partial charge in [0.2, 0.25) is 0 Å². The summed E-state index contributed by atoms with van der Waals surface area (Å²) in [6.07, 6.45) is 14.7. The first kappa shape index (κ1) is 25.0. The minimum atomic E-state index is -0.110. The molecule has 170 valence electrons. The van der Waals surface area contributed by atoms with Crippen LogP contribution in [-0.4, -0.2) is 22.0 Å². The largest absolute Gasteiger partial charge is 0.463 e. The van der Waals surface area contributed by atoms with Gasteiger partial charge in [0, 0.05) is 18.0 Å². The predicted molar refractivity (Wildman–Crippen MR) is 128 cm³/mol. The minimum Gasteiger partial charge on any atom is -0.463 e. The zero-order valence-corrected chi connectivity index (χ0v) is 19.9. The second kappa shape index (κ2) is 14.0. The van der Waals surface area contributed by atoms with Crippen molar-refractivity contribution in [3.8, 4) is 11.4 Å². The molecule has 0 spiro atoms. The lowest BCUT2D eigenvalue weighted by Gasteiger charge is -2.16. The van der Waals surface area contributed by atoms with Gasteiger partial charge in [0.05, 0.1) is 12.5 Å². The third kappa shape index (κ3) is 9.20. The molecule has 2 rings (SSSR count). The number of esters is 1. The molecule has 1 heterocycles. The number of hydrogen-bond acceptors (Lipinski definition) is 4. The first-order valence-corrected chi connectivity index (χ1v) is 12.1. The van der Waals surface area contributed by atoms with Gasteiger partial charge in [0.1, 0.15) is 0 Å². The maximum atomic E-state index is 12.3. The van der Waals surface area contributed by atoms with Gasteiger partial charge >= 0.3 is 5.97 Å². The highest BCUT2D eigenvalue weighted by atomic mass is 16.5. The summed E-state index contributed by atoms with van der Waals surface area (Å²) in [6.45, 7) is 8.49. The Bertz CT molecular complexity index is 756. The number of rotatable bonds is 14. The Hall–Kier alpha value is -2.23. The van der Waals surface area contributed by atoms with Gasteiger partial charge in [-0.2, -0.15) is 0 Å². The number of ether oxygens (including phenoxy) is 1. The van der Waals surface area contributed by atoms with Crippen molar-refractivity contribution in [2.45, 2.75) is 104 Å². The lowest BCUT2D eigenvalue weighted by molar-refractivity contribution is -0.148. The Kier molecular flexibility index (Phi) is 11.3. The Balaban J connectivity index is 1.83. The van der Waals surface area contributed by atoms with Crippen molar-refractivity contribution in [3.05, 3.63) is 47.8 Å². The molecule has 2 unspecified atom stereocenters. The molecule has 0 aliphatic carbocycles. The first-order valence-electron chi connectivity index (χ1n) is 12.1. The van der Waals surface area contributed by atoms with Crippen LogP contribution in [0.1, 0.15) is 103 Å². The van der Waals surface area contributed by atoms with E-state index in [1.807, 2.05) is 31.5 Å². The molecule has 0 aliphatic rings. The molecule has 1 aromatic heterocycles. The number of carbonyl (C=O) groups excluding carboxylic acids is 1. The van der Waals surface area contributed by atoms with E-state index in [0.717, 1.165) is 36.2 Å². The highest BCUT2D eigenvalue weighted by Gasteiger charge is 2.15. The van der Waals surface area contributed by atoms with E-state index >= 15 is 0 Å². The van der Waals surface area contributed by atoms with Crippen molar-refractivity contribution in [2.75, 3.05) is 0 Å². The highest BCUT2D eigenvalue weighted by molar-refractivity contribution is 5.70. The molecular formula is C27H40N2O2. The number of unbranched alkanes of at least 4 members (excludes halogenated alkanes) is 5. The summed E-state index contributed by atoms with van der Waals surface area (Å²) < 4.78 is 5.60. The van der Waals surface area contributed by atoms with Gasteiger partial charge < -0.3 is 4.74 Å². The van der Waals surface area contributed by atoms with E-state index in [9.17, 15) is 4.79 Å². The van der Waals surface area contributed by atoms with E-state index in [1.54, 1.807) is 0 Å². The summed E-state index contributed by atoms with van der Waals surface area (Å²) in [7, 11) is 0. The number of aromatic nitrogens is 2. The van der Waals surface area contributed by atoms with Crippen molar-refractivity contribution in [1.29, 1.82) is 0 Å². The molecule has 31 heavy (non-hydrogen) atoms. The normalized spacial score (nSPS) is 13.0. The average Bonchev–Trinajstić information content (AvgIpc) is 2.77. The van der Waals surface area contributed by atoms with Gasteiger partial charge in [0.15, 0.2) is 5.82 Å². The van der Waals surface area contributed by atoms with Gasteiger partial charge in [-0.05, 0) is 49.7 Å². The number of carbonyl (C=O) groups is 1. The van der Waals surface area contributed by atoms with E-state index in [1.165, 1.54) is 44.1 Å². The quantitative estimate of drug-likeness (QED) is 0.236. The summed E-state index contributed by atoms with van der Waals surface area (Å²) in [5.74, 6) is 0.756. The van der Waals surface area contributed by atoms with Crippen molar-refractivity contribution < 1.29 is 9.53 Å². The van der Waals surface area contributed by atoms with Crippen LogP contribution in [0.15, 0.2) is 36.7 Å². The average molecular weight is 425 g/mol. The number of aryl methyl sites for hydroxylation is 1. The molecule has 0 bridgehead atoms. The molecule has 2 aromatic rings. The maximum Gasteiger partial charge on any atom is 0.306 e. The maximum absolute atomic E-state index is 12.3. The van der Waals surface area contributed by atoms with Crippen LogP contribution in [0, 0.1) is 0 Å². The monoisotopic (exact) mass is 424 g/mol. The van der Waals surface area contributed by atoms with Crippen molar-refractivity contribution in [3.63, 3.8) is 0 Å². The zero-order valence-electron chi connectivity index (χ0n) is 19.9. The van der Waals surface area contributed by atoms with Crippen LogP contribution in [-0.2, 0) is 16.0 Å². The van der Waals surface area contributed by atoms with E-state index in [0.29, 0.717) is 6.42 Å². The Morgan fingerprint density at radius 1 is 0.903 bits per heavy atom. The van der Waals surface area contributed by atoms with Crippen LogP contribution < -0.4 is 0 Å². The molecule has 1 aromatic carbocycles. The second-order valence-corrected chi connectivity index (χ2v) is 8.75. The Labute approximate surface area is 188 Å². The van der Waals surface area contributed by atoms with Crippen LogP contribution in [0.4, 0.5) is 0 Å². The molecule has 0 radical (unpaired) electrons. The summed E-state index contributed by atoms with van der Waals surface area (Å²) in [4.78, 5) is 21.4. The summed E-state index contributed by atoms with van der Waals surface area (Å²) in [5, 5.41) is 0. The van der Waals surface area contributed by atoms with Crippen molar-refractivity contribution in [1.82, 2.24) is 9.97 Å². The molecule has 0 saturated heterocycles. The van der Waals surface area contributed by atoms with Gasteiger partial charge in [-0.3, -0.25) is 4.79 Å². The molecule has 0 amide bonds. The smallest absolute Gasteiger partial charge is 0.306 e. The zero-order chi connectivity index (χ0) is 22.5. The summed E-state index contributed by atoms with van der Waals surface area (Å²) >= 11 is 0.